The SMILES string of the molecule is COc1cc(/C=C/C(=O)OC[C@H]2O[C@@H](OCC(C)(O)C(O)CO)[C@H](O)[C@@H](O)[C@@H]2O)cc(OC)c1O. The Morgan fingerprint density at radius 1 is 1.14 bits per heavy atom. The molecule has 1 fully saturated rings. The fourth-order valence-electron chi connectivity index (χ4n) is 3.12. The van der Waals surface area contributed by atoms with E-state index in [1.165, 1.54) is 39.4 Å². The second kappa shape index (κ2) is 12.5. The average molecular weight is 504 g/mol. The topological polar surface area (TPSA) is 205 Å². The zero-order valence-corrected chi connectivity index (χ0v) is 19.5. The van der Waals surface area contributed by atoms with E-state index in [0.29, 0.717) is 5.56 Å². The van der Waals surface area contributed by atoms with Crippen LogP contribution in [0.5, 0.6) is 17.2 Å². The van der Waals surface area contributed by atoms with Crippen LogP contribution in [0.15, 0.2) is 18.2 Å². The summed E-state index contributed by atoms with van der Waals surface area (Å²) in [7, 11) is 2.70. The first kappa shape index (κ1) is 28.7. The van der Waals surface area contributed by atoms with Crippen molar-refractivity contribution >= 4 is 12.0 Å². The Balaban J connectivity index is 1.99. The van der Waals surface area contributed by atoms with Crippen molar-refractivity contribution < 1.29 is 64.2 Å². The van der Waals surface area contributed by atoms with E-state index in [2.05, 4.69) is 0 Å². The maximum Gasteiger partial charge on any atom is 0.330 e. The summed E-state index contributed by atoms with van der Waals surface area (Å²) < 4.78 is 25.7. The molecule has 0 radical (unpaired) electrons. The molecule has 0 amide bonds. The van der Waals surface area contributed by atoms with Crippen molar-refractivity contribution in [3.05, 3.63) is 23.8 Å². The first-order valence-electron chi connectivity index (χ1n) is 10.6. The number of aliphatic hydroxyl groups excluding tert-OH is 5. The van der Waals surface area contributed by atoms with Crippen molar-refractivity contribution in [2.75, 3.05) is 34.0 Å². The fraction of sp³-hybridized carbons (Fsp3) is 0.591. The summed E-state index contributed by atoms with van der Waals surface area (Å²) in [5.74, 6) is -0.790. The molecule has 1 aliphatic rings. The second-order valence-electron chi connectivity index (χ2n) is 8.12. The predicted molar refractivity (Wildman–Crippen MR) is 118 cm³/mol. The maximum absolute atomic E-state index is 12.1. The third-order valence-corrected chi connectivity index (χ3v) is 5.40. The van der Waals surface area contributed by atoms with Crippen molar-refractivity contribution in [2.45, 2.75) is 49.3 Å². The molecule has 13 heteroatoms. The van der Waals surface area contributed by atoms with Gasteiger partial charge in [-0.15, -0.1) is 0 Å². The lowest BCUT2D eigenvalue weighted by atomic mass is 9.98. The highest BCUT2D eigenvalue weighted by Crippen LogP contribution is 2.37. The number of methoxy groups -OCH3 is 2. The summed E-state index contributed by atoms with van der Waals surface area (Å²) in [6.07, 6.45) is -7.01. The number of carbonyl (C=O) groups is 1. The lowest BCUT2D eigenvalue weighted by molar-refractivity contribution is -0.311. The Hall–Kier alpha value is -2.49. The standard InChI is InChI=1S/C22H32O13/c1-22(30,15(24)8-23)10-34-21-20(29)19(28)18(27)14(35-21)9-33-16(25)5-4-11-6-12(31-2)17(26)13(7-11)32-3/h4-7,14-15,18-21,23-24,26-30H,8-10H2,1-3H3/b5-4+/t14-,15?,18-,19+,20-,21-,22?/m1/s1. The molecule has 13 nitrogen and oxygen atoms in total. The number of aliphatic hydroxyl groups is 6. The molecule has 0 aliphatic carbocycles. The van der Waals surface area contributed by atoms with Gasteiger partial charge in [-0.2, -0.15) is 0 Å². The molecule has 0 spiro atoms. The number of phenolic OH excluding ortho intramolecular Hbond substituents is 1. The number of ether oxygens (including phenoxy) is 5. The van der Waals surface area contributed by atoms with Gasteiger partial charge in [-0.1, -0.05) is 0 Å². The highest BCUT2D eigenvalue weighted by molar-refractivity contribution is 5.87. The van der Waals surface area contributed by atoms with Crippen LogP contribution in [0.25, 0.3) is 6.08 Å². The Morgan fingerprint density at radius 2 is 1.74 bits per heavy atom. The van der Waals surface area contributed by atoms with Crippen molar-refractivity contribution in [1.29, 1.82) is 0 Å². The number of esters is 1. The zero-order valence-electron chi connectivity index (χ0n) is 19.5. The van der Waals surface area contributed by atoms with Crippen LogP contribution in [0.4, 0.5) is 0 Å². The lowest BCUT2D eigenvalue weighted by Crippen LogP contribution is -2.60. The Kier molecular flexibility index (Phi) is 10.2. The monoisotopic (exact) mass is 504 g/mol. The van der Waals surface area contributed by atoms with E-state index in [0.717, 1.165) is 6.08 Å². The molecule has 198 valence electrons. The first-order valence-corrected chi connectivity index (χ1v) is 10.6. The number of aromatic hydroxyl groups is 1. The van der Waals surface area contributed by atoms with Gasteiger partial charge in [-0.25, -0.2) is 4.79 Å². The molecule has 35 heavy (non-hydrogen) atoms. The van der Waals surface area contributed by atoms with Gasteiger partial charge in [0.25, 0.3) is 0 Å². The van der Waals surface area contributed by atoms with E-state index in [1.54, 1.807) is 0 Å². The van der Waals surface area contributed by atoms with Gasteiger partial charge in [-0.05, 0) is 30.7 Å². The Morgan fingerprint density at radius 3 is 2.29 bits per heavy atom. The quantitative estimate of drug-likeness (QED) is 0.127. The van der Waals surface area contributed by atoms with E-state index < -0.39 is 68.2 Å². The molecular weight excluding hydrogens is 472 g/mol. The number of phenols is 1. The molecule has 1 aromatic carbocycles. The highest BCUT2D eigenvalue weighted by atomic mass is 16.7. The van der Waals surface area contributed by atoms with Crippen molar-refractivity contribution in [3.63, 3.8) is 0 Å². The minimum Gasteiger partial charge on any atom is -0.502 e. The maximum atomic E-state index is 12.1. The van der Waals surface area contributed by atoms with E-state index in [4.69, 9.17) is 28.8 Å². The summed E-state index contributed by atoms with van der Waals surface area (Å²) in [6.45, 7) is -0.680. The molecule has 1 saturated heterocycles. The van der Waals surface area contributed by atoms with Crippen LogP contribution in [-0.4, -0.2) is 118 Å². The number of carbonyl (C=O) groups excluding carboxylic acids is 1. The molecule has 2 rings (SSSR count). The van der Waals surface area contributed by atoms with Crippen LogP contribution in [0.3, 0.4) is 0 Å². The van der Waals surface area contributed by atoms with E-state index in [1.807, 2.05) is 0 Å². The average Bonchev–Trinajstić information content (AvgIpc) is 2.84. The number of hydrogen-bond donors (Lipinski definition) is 7. The van der Waals surface area contributed by atoms with E-state index >= 15 is 0 Å². The van der Waals surface area contributed by atoms with Crippen LogP contribution in [0, 0.1) is 0 Å². The van der Waals surface area contributed by atoms with Gasteiger partial charge in [0.15, 0.2) is 17.8 Å². The van der Waals surface area contributed by atoms with E-state index in [9.17, 15) is 35.4 Å². The van der Waals surface area contributed by atoms with E-state index in [-0.39, 0.29) is 17.2 Å². The lowest BCUT2D eigenvalue weighted by Gasteiger charge is -2.41. The van der Waals surface area contributed by atoms with Gasteiger partial charge >= 0.3 is 5.97 Å². The molecule has 0 bridgehead atoms. The molecule has 0 aromatic heterocycles. The Labute approximate surface area is 201 Å². The molecule has 7 atom stereocenters. The molecule has 7 N–H and O–H groups in total. The van der Waals surface area contributed by atoms with Gasteiger partial charge in [0.1, 0.15) is 42.7 Å². The molecule has 1 aliphatic heterocycles. The largest absolute Gasteiger partial charge is 0.502 e. The van der Waals surface area contributed by atoms with Gasteiger partial charge in [-0.3, -0.25) is 0 Å². The third kappa shape index (κ3) is 7.25. The second-order valence-corrected chi connectivity index (χ2v) is 8.12. The van der Waals surface area contributed by atoms with Gasteiger partial charge in [0.2, 0.25) is 5.75 Å². The summed E-state index contributed by atoms with van der Waals surface area (Å²) in [6, 6.07) is 2.91. The Bertz CT molecular complexity index is 846. The molecule has 2 unspecified atom stereocenters. The summed E-state index contributed by atoms with van der Waals surface area (Å²) in [5.41, 5.74) is -1.45. The summed E-state index contributed by atoms with van der Waals surface area (Å²) in [5, 5.41) is 69.0. The molecule has 1 heterocycles. The third-order valence-electron chi connectivity index (χ3n) is 5.40. The minimum absolute atomic E-state index is 0.125. The normalized spacial score (nSPS) is 27.3. The van der Waals surface area contributed by atoms with Crippen LogP contribution in [0.1, 0.15) is 12.5 Å². The first-order chi connectivity index (χ1) is 16.4. The van der Waals surface area contributed by atoms with Crippen LogP contribution >= 0.6 is 0 Å². The van der Waals surface area contributed by atoms with Crippen molar-refractivity contribution in [3.8, 4) is 17.2 Å². The van der Waals surface area contributed by atoms with Crippen LogP contribution < -0.4 is 9.47 Å². The summed E-state index contributed by atoms with van der Waals surface area (Å²) >= 11 is 0. The van der Waals surface area contributed by atoms with Crippen LogP contribution in [-0.2, 0) is 19.0 Å². The fourth-order valence-corrected chi connectivity index (χ4v) is 3.12. The van der Waals surface area contributed by atoms with Gasteiger partial charge in [0, 0.05) is 6.08 Å². The zero-order chi connectivity index (χ0) is 26.3. The molecular formula is C22H32O13. The highest BCUT2D eigenvalue weighted by Gasteiger charge is 2.45. The predicted octanol–water partition coefficient (Wildman–Crippen LogP) is -2.11. The van der Waals surface area contributed by atoms with Gasteiger partial charge < -0.3 is 59.4 Å². The van der Waals surface area contributed by atoms with Crippen molar-refractivity contribution in [2.24, 2.45) is 0 Å². The number of hydrogen-bond acceptors (Lipinski definition) is 13. The van der Waals surface area contributed by atoms with Gasteiger partial charge in [0.05, 0.1) is 27.4 Å². The summed E-state index contributed by atoms with van der Waals surface area (Å²) in [4.78, 5) is 12.1. The number of benzene rings is 1. The minimum atomic E-state index is -1.90. The smallest absolute Gasteiger partial charge is 0.330 e. The van der Waals surface area contributed by atoms with Crippen LogP contribution in [0.2, 0.25) is 0 Å². The van der Waals surface area contributed by atoms with Crippen molar-refractivity contribution in [1.82, 2.24) is 0 Å². The molecule has 1 aromatic rings. The molecule has 0 saturated carbocycles. The number of rotatable bonds is 11.